The standard InChI is InChI=1S/C12H17N3O3S/c1-17-6-4-15(3-5-16)8-11-13-12(18-14-11)10-2-7-19-9-10/h2,7,9,16H,3-6,8H2,1H3. The van der Waals surface area contributed by atoms with Crippen LogP contribution in [0.3, 0.4) is 0 Å². The van der Waals surface area contributed by atoms with E-state index in [1.807, 2.05) is 21.7 Å². The highest BCUT2D eigenvalue weighted by molar-refractivity contribution is 7.08. The fraction of sp³-hybridized carbons (Fsp3) is 0.500. The number of aliphatic hydroxyl groups excluding tert-OH is 1. The Balaban J connectivity index is 1.97. The molecule has 2 rings (SSSR count). The molecule has 0 spiro atoms. The first-order chi connectivity index (χ1) is 9.33. The molecule has 0 bridgehead atoms. The minimum atomic E-state index is 0.0962. The van der Waals surface area contributed by atoms with Gasteiger partial charge in [-0.3, -0.25) is 4.90 Å². The van der Waals surface area contributed by atoms with E-state index < -0.39 is 0 Å². The zero-order valence-electron chi connectivity index (χ0n) is 10.8. The highest BCUT2D eigenvalue weighted by Gasteiger charge is 2.12. The predicted octanol–water partition coefficient (Wildman–Crippen LogP) is 1.24. The van der Waals surface area contributed by atoms with Gasteiger partial charge in [-0.1, -0.05) is 5.16 Å². The Morgan fingerprint density at radius 1 is 1.47 bits per heavy atom. The van der Waals surface area contributed by atoms with Crippen molar-refractivity contribution in [3.05, 3.63) is 22.7 Å². The summed E-state index contributed by atoms with van der Waals surface area (Å²) in [5, 5.41) is 16.9. The minimum Gasteiger partial charge on any atom is -0.395 e. The van der Waals surface area contributed by atoms with E-state index in [4.69, 9.17) is 14.4 Å². The number of hydrogen-bond acceptors (Lipinski definition) is 7. The molecule has 2 aromatic heterocycles. The van der Waals surface area contributed by atoms with Gasteiger partial charge in [0.25, 0.3) is 5.89 Å². The molecule has 0 aliphatic carbocycles. The van der Waals surface area contributed by atoms with Gasteiger partial charge in [0, 0.05) is 25.6 Å². The van der Waals surface area contributed by atoms with Crippen LogP contribution in [0.5, 0.6) is 0 Å². The molecule has 0 atom stereocenters. The summed E-state index contributed by atoms with van der Waals surface area (Å²) in [6.45, 7) is 2.52. The maximum atomic E-state index is 9.02. The minimum absolute atomic E-state index is 0.0962. The van der Waals surface area contributed by atoms with Crippen LogP contribution in [0.2, 0.25) is 0 Å². The molecule has 2 heterocycles. The van der Waals surface area contributed by atoms with Gasteiger partial charge in [0.05, 0.1) is 25.3 Å². The summed E-state index contributed by atoms with van der Waals surface area (Å²) in [5.74, 6) is 1.15. The lowest BCUT2D eigenvalue weighted by molar-refractivity contribution is 0.124. The molecule has 104 valence electrons. The number of ether oxygens (including phenoxy) is 1. The molecule has 0 saturated carbocycles. The Morgan fingerprint density at radius 3 is 3.05 bits per heavy atom. The zero-order valence-corrected chi connectivity index (χ0v) is 11.6. The molecule has 0 aliphatic rings. The fourth-order valence-electron chi connectivity index (χ4n) is 1.65. The predicted molar refractivity (Wildman–Crippen MR) is 71.8 cm³/mol. The van der Waals surface area contributed by atoms with Crippen LogP contribution in [0.1, 0.15) is 5.82 Å². The van der Waals surface area contributed by atoms with Crippen LogP contribution in [0.15, 0.2) is 21.3 Å². The smallest absolute Gasteiger partial charge is 0.258 e. The lowest BCUT2D eigenvalue weighted by atomic mass is 10.3. The van der Waals surface area contributed by atoms with Crippen molar-refractivity contribution in [3.8, 4) is 11.5 Å². The van der Waals surface area contributed by atoms with E-state index in [9.17, 15) is 0 Å². The average Bonchev–Trinajstić information content (AvgIpc) is 3.06. The molecular formula is C12H17N3O3S. The van der Waals surface area contributed by atoms with Gasteiger partial charge < -0.3 is 14.4 Å². The maximum Gasteiger partial charge on any atom is 0.258 e. The first-order valence-electron chi connectivity index (χ1n) is 6.00. The summed E-state index contributed by atoms with van der Waals surface area (Å²) in [4.78, 5) is 6.37. The second-order valence-electron chi connectivity index (χ2n) is 4.02. The Labute approximate surface area is 115 Å². The van der Waals surface area contributed by atoms with Crippen molar-refractivity contribution in [1.82, 2.24) is 15.0 Å². The second kappa shape index (κ2) is 7.34. The molecule has 0 unspecified atom stereocenters. The molecule has 19 heavy (non-hydrogen) atoms. The van der Waals surface area contributed by atoms with E-state index in [0.717, 1.165) is 12.1 Å². The van der Waals surface area contributed by atoms with Crippen molar-refractivity contribution in [1.29, 1.82) is 0 Å². The van der Waals surface area contributed by atoms with Gasteiger partial charge in [0.1, 0.15) is 0 Å². The third-order valence-electron chi connectivity index (χ3n) is 2.63. The van der Waals surface area contributed by atoms with E-state index in [-0.39, 0.29) is 6.61 Å². The molecule has 1 N–H and O–H groups in total. The number of methoxy groups -OCH3 is 1. The third kappa shape index (κ3) is 4.10. The van der Waals surface area contributed by atoms with E-state index in [1.54, 1.807) is 18.4 Å². The van der Waals surface area contributed by atoms with Gasteiger partial charge in [0.2, 0.25) is 0 Å². The van der Waals surface area contributed by atoms with Crippen LogP contribution in [-0.2, 0) is 11.3 Å². The molecule has 0 fully saturated rings. The second-order valence-corrected chi connectivity index (χ2v) is 4.80. The van der Waals surface area contributed by atoms with Crippen molar-refractivity contribution in [3.63, 3.8) is 0 Å². The Kier molecular flexibility index (Phi) is 5.46. The number of aliphatic hydroxyl groups is 1. The van der Waals surface area contributed by atoms with Gasteiger partial charge in [-0.25, -0.2) is 0 Å². The SMILES string of the molecule is COCCN(CCO)Cc1noc(-c2ccsc2)n1. The number of nitrogens with zero attached hydrogens (tertiary/aromatic N) is 3. The molecular weight excluding hydrogens is 266 g/mol. The summed E-state index contributed by atoms with van der Waals surface area (Å²) >= 11 is 1.59. The Hall–Kier alpha value is -1.28. The van der Waals surface area contributed by atoms with E-state index in [1.165, 1.54) is 0 Å². The van der Waals surface area contributed by atoms with E-state index in [2.05, 4.69) is 10.1 Å². The molecule has 2 aromatic rings. The molecule has 6 nitrogen and oxygen atoms in total. The number of hydrogen-bond donors (Lipinski definition) is 1. The van der Waals surface area contributed by atoms with Crippen LogP contribution < -0.4 is 0 Å². The zero-order chi connectivity index (χ0) is 13.5. The Morgan fingerprint density at radius 2 is 2.37 bits per heavy atom. The number of aromatic nitrogens is 2. The van der Waals surface area contributed by atoms with Crippen LogP contribution in [0.25, 0.3) is 11.5 Å². The number of rotatable bonds is 8. The van der Waals surface area contributed by atoms with Crippen LogP contribution in [0, 0.1) is 0 Å². The van der Waals surface area contributed by atoms with Gasteiger partial charge in [-0.2, -0.15) is 16.3 Å². The molecule has 0 aliphatic heterocycles. The highest BCUT2D eigenvalue weighted by Crippen LogP contribution is 2.20. The highest BCUT2D eigenvalue weighted by atomic mass is 32.1. The fourth-order valence-corrected chi connectivity index (χ4v) is 2.28. The van der Waals surface area contributed by atoms with Gasteiger partial charge in [0.15, 0.2) is 5.82 Å². The van der Waals surface area contributed by atoms with Gasteiger partial charge in [-0.05, 0) is 11.4 Å². The molecule has 0 aromatic carbocycles. The average molecular weight is 283 g/mol. The number of thiophene rings is 1. The van der Waals surface area contributed by atoms with Crippen molar-refractivity contribution in [2.45, 2.75) is 6.54 Å². The lowest BCUT2D eigenvalue weighted by Gasteiger charge is -2.18. The normalized spacial score (nSPS) is 11.3. The first-order valence-corrected chi connectivity index (χ1v) is 6.95. The summed E-state index contributed by atoms with van der Waals surface area (Å²) in [6, 6.07) is 1.94. The molecule has 7 heteroatoms. The van der Waals surface area contributed by atoms with Crippen LogP contribution in [-0.4, -0.2) is 53.6 Å². The van der Waals surface area contributed by atoms with E-state index >= 15 is 0 Å². The van der Waals surface area contributed by atoms with Crippen molar-refractivity contribution >= 4 is 11.3 Å². The summed E-state index contributed by atoms with van der Waals surface area (Å²) in [6.07, 6.45) is 0. The summed E-state index contributed by atoms with van der Waals surface area (Å²) in [5.41, 5.74) is 0.939. The molecule has 0 saturated heterocycles. The van der Waals surface area contributed by atoms with Crippen molar-refractivity contribution in [2.75, 3.05) is 33.4 Å². The quantitative estimate of drug-likeness (QED) is 0.786. The van der Waals surface area contributed by atoms with Crippen molar-refractivity contribution in [2.24, 2.45) is 0 Å². The monoisotopic (exact) mass is 283 g/mol. The van der Waals surface area contributed by atoms with Gasteiger partial charge >= 0.3 is 0 Å². The van der Waals surface area contributed by atoms with Crippen molar-refractivity contribution < 1.29 is 14.4 Å². The van der Waals surface area contributed by atoms with Gasteiger partial charge in [-0.15, -0.1) is 0 Å². The van der Waals surface area contributed by atoms with E-state index in [0.29, 0.717) is 31.4 Å². The Bertz CT molecular complexity index is 472. The largest absolute Gasteiger partial charge is 0.395 e. The summed E-state index contributed by atoms with van der Waals surface area (Å²) in [7, 11) is 1.65. The topological polar surface area (TPSA) is 71.6 Å². The molecule has 0 radical (unpaired) electrons. The first kappa shape index (κ1) is 14.1. The van der Waals surface area contributed by atoms with Crippen LogP contribution in [0.4, 0.5) is 0 Å². The summed E-state index contributed by atoms with van der Waals surface area (Å²) < 4.78 is 10.3. The molecule has 0 amide bonds. The van der Waals surface area contributed by atoms with Crippen LogP contribution >= 0.6 is 11.3 Å². The lowest BCUT2D eigenvalue weighted by Crippen LogP contribution is -2.30. The third-order valence-corrected chi connectivity index (χ3v) is 3.31. The maximum absolute atomic E-state index is 9.02.